The van der Waals surface area contributed by atoms with Gasteiger partial charge in [0.1, 0.15) is 4.83 Å². The SMILES string of the molecule is Cc1cccc(NC(=O)c2cc3c(C)nn(-c4cccc(C)c4)c3s2)c1. The minimum absolute atomic E-state index is 0.0907. The van der Waals surface area contributed by atoms with Crippen LogP contribution in [-0.4, -0.2) is 15.7 Å². The molecule has 0 aliphatic rings. The van der Waals surface area contributed by atoms with Gasteiger partial charge >= 0.3 is 0 Å². The lowest BCUT2D eigenvalue weighted by molar-refractivity contribution is 0.103. The van der Waals surface area contributed by atoms with Crippen molar-refractivity contribution in [1.82, 2.24) is 9.78 Å². The Hall–Kier alpha value is -2.92. The van der Waals surface area contributed by atoms with E-state index < -0.39 is 0 Å². The molecule has 0 radical (unpaired) electrons. The van der Waals surface area contributed by atoms with Crippen molar-refractivity contribution >= 4 is 33.1 Å². The second kappa shape index (κ2) is 6.42. The van der Waals surface area contributed by atoms with Crippen LogP contribution in [0.15, 0.2) is 54.6 Å². The summed E-state index contributed by atoms with van der Waals surface area (Å²) in [6, 6.07) is 18.0. The summed E-state index contributed by atoms with van der Waals surface area (Å²) in [7, 11) is 0. The summed E-state index contributed by atoms with van der Waals surface area (Å²) in [5.41, 5.74) is 5.04. The Kier molecular flexibility index (Phi) is 4.09. The lowest BCUT2D eigenvalue weighted by atomic mass is 10.2. The zero-order chi connectivity index (χ0) is 18.3. The zero-order valence-corrected chi connectivity index (χ0v) is 15.7. The Morgan fingerprint density at radius 1 is 1.00 bits per heavy atom. The molecule has 2 heterocycles. The third kappa shape index (κ3) is 3.02. The van der Waals surface area contributed by atoms with Crippen LogP contribution >= 0.6 is 11.3 Å². The summed E-state index contributed by atoms with van der Waals surface area (Å²) in [4.78, 5) is 14.3. The number of fused-ring (bicyclic) bond motifs is 1. The van der Waals surface area contributed by atoms with Crippen LogP contribution in [0.2, 0.25) is 0 Å². The summed E-state index contributed by atoms with van der Waals surface area (Å²) in [5, 5.41) is 8.65. The molecule has 4 nitrogen and oxygen atoms in total. The fourth-order valence-corrected chi connectivity index (χ4v) is 4.09. The van der Waals surface area contributed by atoms with E-state index in [2.05, 4.69) is 29.5 Å². The molecule has 4 rings (SSSR count). The predicted octanol–water partition coefficient (Wildman–Crippen LogP) is 5.26. The first-order valence-electron chi connectivity index (χ1n) is 8.45. The normalized spacial score (nSPS) is 11.0. The summed E-state index contributed by atoms with van der Waals surface area (Å²) in [6.07, 6.45) is 0. The van der Waals surface area contributed by atoms with Crippen LogP contribution in [0.25, 0.3) is 15.9 Å². The Morgan fingerprint density at radius 2 is 1.73 bits per heavy atom. The highest BCUT2D eigenvalue weighted by molar-refractivity contribution is 7.20. The molecule has 5 heteroatoms. The lowest BCUT2D eigenvalue weighted by Gasteiger charge is -2.05. The molecule has 26 heavy (non-hydrogen) atoms. The second-order valence-corrected chi connectivity index (χ2v) is 7.52. The third-order valence-electron chi connectivity index (χ3n) is 4.29. The van der Waals surface area contributed by atoms with Crippen molar-refractivity contribution < 1.29 is 4.79 Å². The minimum Gasteiger partial charge on any atom is -0.321 e. The van der Waals surface area contributed by atoms with Crippen molar-refractivity contribution in [3.05, 3.63) is 76.3 Å². The molecule has 2 aromatic carbocycles. The first-order valence-corrected chi connectivity index (χ1v) is 9.27. The molecule has 0 saturated carbocycles. The van der Waals surface area contributed by atoms with Crippen molar-refractivity contribution in [1.29, 1.82) is 0 Å². The Morgan fingerprint density at radius 3 is 2.46 bits per heavy atom. The van der Waals surface area contributed by atoms with Crippen LogP contribution in [0.5, 0.6) is 0 Å². The molecular formula is C21H19N3OS. The van der Waals surface area contributed by atoms with E-state index in [0.717, 1.165) is 32.8 Å². The van der Waals surface area contributed by atoms with Gasteiger partial charge in [-0.15, -0.1) is 11.3 Å². The van der Waals surface area contributed by atoms with Gasteiger partial charge in [0.05, 0.1) is 16.3 Å². The van der Waals surface area contributed by atoms with Gasteiger partial charge in [0.2, 0.25) is 0 Å². The summed E-state index contributed by atoms with van der Waals surface area (Å²) >= 11 is 1.47. The number of thiophene rings is 1. The quantitative estimate of drug-likeness (QED) is 0.541. The van der Waals surface area contributed by atoms with Gasteiger partial charge in [-0.1, -0.05) is 24.3 Å². The number of hydrogen-bond donors (Lipinski definition) is 1. The molecule has 0 aliphatic carbocycles. The Labute approximate surface area is 156 Å². The minimum atomic E-state index is -0.0907. The molecule has 130 valence electrons. The molecule has 0 atom stereocenters. The lowest BCUT2D eigenvalue weighted by Crippen LogP contribution is -2.10. The van der Waals surface area contributed by atoms with E-state index >= 15 is 0 Å². The summed E-state index contributed by atoms with van der Waals surface area (Å²) in [6.45, 7) is 6.05. The molecule has 0 fully saturated rings. The molecule has 1 amide bonds. The van der Waals surface area contributed by atoms with Gasteiger partial charge in [0, 0.05) is 11.1 Å². The monoisotopic (exact) mass is 361 g/mol. The number of aryl methyl sites for hydroxylation is 3. The van der Waals surface area contributed by atoms with E-state index in [1.807, 2.05) is 61.0 Å². The van der Waals surface area contributed by atoms with E-state index in [0.29, 0.717) is 4.88 Å². The average molecular weight is 361 g/mol. The second-order valence-electron chi connectivity index (χ2n) is 6.49. The summed E-state index contributed by atoms with van der Waals surface area (Å²) < 4.78 is 1.92. The predicted molar refractivity (Wildman–Crippen MR) is 108 cm³/mol. The van der Waals surface area contributed by atoms with Crippen LogP contribution in [0.4, 0.5) is 5.69 Å². The maximum Gasteiger partial charge on any atom is 0.265 e. The Bertz CT molecular complexity index is 1120. The Balaban J connectivity index is 1.72. The van der Waals surface area contributed by atoms with E-state index in [1.54, 1.807) is 0 Å². The molecule has 0 saturated heterocycles. The molecule has 2 aromatic heterocycles. The van der Waals surface area contributed by atoms with Gasteiger partial charge in [-0.05, 0) is 62.2 Å². The maximum absolute atomic E-state index is 12.7. The van der Waals surface area contributed by atoms with Crippen LogP contribution < -0.4 is 5.32 Å². The number of aromatic nitrogens is 2. The largest absolute Gasteiger partial charge is 0.321 e. The number of amides is 1. The smallest absolute Gasteiger partial charge is 0.265 e. The number of carbonyl (C=O) groups is 1. The van der Waals surface area contributed by atoms with Crippen LogP contribution in [-0.2, 0) is 0 Å². The topological polar surface area (TPSA) is 46.9 Å². The molecule has 0 bridgehead atoms. The van der Waals surface area contributed by atoms with E-state index in [-0.39, 0.29) is 5.91 Å². The molecular weight excluding hydrogens is 342 g/mol. The number of carbonyl (C=O) groups excluding carboxylic acids is 1. The number of hydrogen-bond acceptors (Lipinski definition) is 3. The summed E-state index contributed by atoms with van der Waals surface area (Å²) in [5.74, 6) is -0.0907. The van der Waals surface area contributed by atoms with Crippen molar-refractivity contribution in [2.45, 2.75) is 20.8 Å². The first-order chi connectivity index (χ1) is 12.5. The van der Waals surface area contributed by atoms with Gasteiger partial charge in [-0.25, -0.2) is 4.68 Å². The van der Waals surface area contributed by atoms with Crippen LogP contribution in [0.1, 0.15) is 26.5 Å². The third-order valence-corrected chi connectivity index (χ3v) is 5.40. The van der Waals surface area contributed by atoms with E-state index in [1.165, 1.54) is 16.9 Å². The molecule has 0 spiro atoms. The number of rotatable bonds is 3. The fourth-order valence-electron chi connectivity index (χ4n) is 3.01. The maximum atomic E-state index is 12.7. The van der Waals surface area contributed by atoms with Gasteiger partial charge in [0.15, 0.2) is 0 Å². The van der Waals surface area contributed by atoms with Crippen LogP contribution in [0, 0.1) is 20.8 Å². The van der Waals surface area contributed by atoms with E-state index in [4.69, 9.17) is 0 Å². The zero-order valence-electron chi connectivity index (χ0n) is 14.9. The highest BCUT2D eigenvalue weighted by Crippen LogP contribution is 2.31. The fraction of sp³-hybridized carbons (Fsp3) is 0.143. The van der Waals surface area contributed by atoms with Crippen molar-refractivity contribution in [2.75, 3.05) is 5.32 Å². The molecule has 0 unspecified atom stereocenters. The first kappa shape index (κ1) is 16.5. The van der Waals surface area contributed by atoms with Crippen molar-refractivity contribution in [3.8, 4) is 5.69 Å². The van der Waals surface area contributed by atoms with E-state index in [9.17, 15) is 4.79 Å². The molecule has 1 N–H and O–H groups in total. The number of nitrogens with zero attached hydrogens (tertiary/aromatic N) is 2. The number of benzene rings is 2. The molecule has 4 aromatic rings. The molecule has 0 aliphatic heterocycles. The number of nitrogens with one attached hydrogen (secondary N) is 1. The van der Waals surface area contributed by atoms with Gasteiger partial charge in [-0.2, -0.15) is 5.10 Å². The highest BCUT2D eigenvalue weighted by atomic mass is 32.1. The van der Waals surface area contributed by atoms with Gasteiger partial charge in [-0.3, -0.25) is 4.79 Å². The standard InChI is InChI=1S/C21H19N3OS/c1-13-6-4-8-16(10-13)22-20(25)19-12-18-15(3)23-24(21(18)26-19)17-9-5-7-14(2)11-17/h4-12H,1-3H3,(H,22,25). The van der Waals surface area contributed by atoms with Crippen LogP contribution in [0.3, 0.4) is 0 Å². The van der Waals surface area contributed by atoms with Crippen molar-refractivity contribution in [2.24, 2.45) is 0 Å². The highest BCUT2D eigenvalue weighted by Gasteiger charge is 2.17. The van der Waals surface area contributed by atoms with Crippen molar-refractivity contribution in [3.63, 3.8) is 0 Å². The van der Waals surface area contributed by atoms with Gasteiger partial charge < -0.3 is 5.32 Å². The van der Waals surface area contributed by atoms with Gasteiger partial charge in [0.25, 0.3) is 5.91 Å². The number of anilines is 1. The average Bonchev–Trinajstić information content (AvgIpc) is 3.16.